The monoisotopic (exact) mass is 226 g/mol. The minimum Gasteiger partial charge on any atom is -0.301 e. The second kappa shape index (κ2) is 6.99. The highest BCUT2D eigenvalue weighted by atomic mass is 28.3. The summed E-state index contributed by atoms with van der Waals surface area (Å²) in [4.78, 5) is 12.2. The van der Waals surface area contributed by atoms with Crippen molar-refractivity contribution in [3.05, 3.63) is 12.7 Å². The first-order valence-electron chi connectivity index (χ1n) is 6.25. The quantitative estimate of drug-likeness (QED) is 0.444. The van der Waals surface area contributed by atoms with Gasteiger partial charge in [0.25, 0.3) is 0 Å². The van der Waals surface area contributed by atoms with E-state index in [0.717, 1.165) is 31.4 Å². The van der Waals surface area contributed by atoms with Gasteiger partial charge in [-0.05, 0) is 11.6 Å². The summed E-state index contributed by atoms with van der Waals surface area (Å²) in [6, 6.07) is 2.28. The van der Waals surface area contributed by atoms with Crippen molar-refractivity contribution >= 4 is 13.5 Å². The zero-order valence-electron chi connectivity index (χ0n) is 10.8. The normalized spacial score (nSPS) is 13.6. The van der Waals surface area contributed by atoms with E-state index in [0.29, 0.717) is 10.9 Å². The fourth-order valence-corrected chi connectivity index (χ4v) is 7.78. The standard InChI is InChI=1S/C13H26OSi/c1-6-10-15(11-7-2,12(5)8-3)13(14)9-4/h9,12H,4,6-8,10-11H2,1-3,5H3. The van der Waals surface area contributed by atoms with Crippen molar-refractivity contribution in [2.24, 2.45) is 0 Å². The highest BCUT2D eigenvalue weighted by molar-refractivity contribution is 7.08. The summed E-state index contributed by atoms with van der Waals surface area (Å²) >= 11 is 0. The van der Waals surface area contributed by atoms with Crippen LogP contribution in [0.15, 0.2) is 12.7 Å². The molecule has 0 saturated carbocycles. The van der Waals surface area contributed by atoms with Crippen LogP contribution in [-0.2, 0) is 4.79 Å². The summed E-state index contributed by atoms with van der Waals surface area (Å²) < 4.78 is 0. The van der Waals surface area contributed by atoms with Crippen LogP contribution in [0, 0.1) is 0 Å². The Labute approximate surface area is 96.0 Å². The van der Waals surface area contributed by atoms with E-state index >= 15 is 0 Å². The molecule has 0 aromatic carbocycles. The molecule has 0 saturated heterocycles. The zero-order chi connectivity index (χ0) is 11.9. The highest BCUT2D eigenvalue weighted by Crippen LogP contribution is 2.35. The summed E-state index contributed by atoms with van der Waals surface area (Å²) in [6.45, 7) is 12.5. The lowest BCUT2D eigenvalue weighted by molar-refractivity contribution is -0.108. The Morgan fingerprint density at radius 2 is 1.73 bits per heavy atom. The molecule has 2 heteroatoms. The third-order valence-electron chi connectivity index (χ3n) is 3.62. The predicted octanol–water partition coefficient (Wildman–Crippen LogP) is 4.35. The minimum atomic E-state index is -1.76. The average Bonchev–Trinajstić information content (AvgIpc) is 2.26. The Morgan fingerprint density at radius 1 is 1.27 bits per heavy atom. The second-order valence-corrected chi connectivity index (χ2v) is 9.32. The van der Waals surface area contributed by atoms with Crippen LogP contribution in [0.5, 0.6) is 0 Å². The first-order chi connectivity index (χ1) is 7.08. The first-order valence-corrected chi connectivity index (χ1v) is 8.75. The van der Waals surface area contributed by atoms with Gasteiger partial charge in [0, 0.05) is 0 Å². The molecule has 1 atom stereocenters. The largest absolute Gasteiger partial charge is 0.301 e. The van der Waals surface area contributed by atoms with Crippen LogP contribution in [0.1, 0.15) is 47.0 Å². The number of carbonyl (C=O) groups is 1. The van der Waals surface area contributed by atoms with Gasteiger partial charge in [-0.25, -0.2) is 0 Å². The topological polar surface area (TPSA) is 17.1 Å². The second-order valence-electron chi connectivity index (χ2n) is 4.53. The lowest BCUT2D eigenvalue weighted by atomic mass is 10.4. The molecule has 0 N–H and O–H groups in total. The van der Waals surface area contributed by atoms with E-state index in [1.807, 2.05) is 0 Å². The molecular weight excluding hydrogens is 200 g/mol. The van der Waals surface area contributed by atoms with Gasteiger partial charge in [-0.2, -0.15) is 0 Å². The number of rotatable bonds is 8. The zero-order valence-corrected chi connectivity index (χ0v) is 11.8. The summed E-state index contributed by atoms with van der Waals surface area (Å²) in [5, 5.41) is 0.389. The van der Waals surface area contributed by atoms with E-state index in [-0.39, 0.29) is 0 Å². The smallest absolute Gasteiger partial charge is 0.141 e. The Kier molecular flexibility index (Phi) is 6.82. The van der Waals surface area contributed by atoms with Gasteiger partial charge in [-0.3, -0.25) is 0 Å². The van der Waals surface area contributed by atoms with Crippen LogP contribution in [0.3, 0.4) is 0 Å². The summed E-state index contributed by atoms with van der Waals surface area (Å²) in [7, 11) is -1.76. The SMILES string of the molecule is C=CC(=O)[Si](CCC)(CCC)C(C)CC. The predicted molar refractivity (Wildman–Crippen MR) is 70.9 cm³/mol. The molecule has 0 aromatic heterocycles. The third kappa shape index (κ3) is 3.30. The molecule has 0 aliphatic rings. The van der Waals surface area contributed by atoms with Gasteiger partial charge < -0.3 is 4.79 Å². The van der Waals surface area contributed by atoms with Gasteiger partial charge in [0.15, 0.2) is 0 Å². The molecule has 88 valence electrons. The molecule has 15 heavy (non-hydrogen) atoms. The maximum Gasteiger partial charge on any atom is 0.141 e. The van der Waals surface area contributed by atoms with Gasteiger partial charge in [-0.15, -0.1) is 0 Å². The van der Waals surface area contributed by atoms with E-state index < -0.39 is 8.07 Å². The molecule has 0 spiro atoms. The Balaban J connectivity index is 5.04. The number of hydrogen-bond donors (Lipinski definition) is 0. The van der Waals surface area contributed by atoms with Gasteiger partial charge in [0.2, 0.25) is 0 Å². The molecule has 0 radical (unpaired) electrons. The first kappa shape index (κ1) is 14.6. The van der Waals surface area contributed by atoms with Gasteiger partial charge in [0.05, 0.1) is 0 Å². The van der Waals surface area contributed by atoms with Crippen molar-refractivity contribution in [2.45, 2.75) is 64.6 Å². The van der Waals surface area contributed by atoms with Crippen molar-refractivity contribution in [3.8, 4) is 0 Å². The maximum absolute atomic E-state index is 12.2. The van der Waals surface area contributed by atoms with E-state index in [4.69, 9.17) is 0 Å². The van der Waals surface area contributed by atoms with E-state index in [1.165, 1.54) is 0 Å². The van der Waals surface area contributed by atoms with Crippen LogP contribution >= 0.6 is 0 Å². The molecule has 0 aliphatic carbocycles. The van der Waals surface area contributed by atoms with Crippen molar-refractivity contribution in [1.82, 2.24) is 0 Å². The van der Waals surface area contributed by atoms with Crippen LogP contribution in [-0.4, -0.2) is 13.5 Å². The van der Waals surface area contributed by atoms with Crippen LogP contribution in [0.2, 0.25) is 17.6 Å². The molecule has 0 rings (SSSR count). The van der Waals surface area contributed by atoms with Crippen LogP contribution in [0.4, 0.5) is 0 Å². The lowest BCUT2D eigenvalue weighted by Gasteiger charge is -2.34. The summed E-state index contributed by atoms with van der Waals surface area (Å²) in [6.07, 6.45) is 4.99. The fourth-order valence-electron chi connectivity index (χ4n) is 2.59. The van der Waals surface area contributed by atoms with Gasteiger partial charge in [-0.1, -0.05) is 65.6 Å². The minimum absolute atomic E-state index is 0.389. The van der Waals surface area contributed by atoms with Crippen LogP contribution in [0.25, 0.3) is 0 Å². The lowest BCUT2D eigenvalue weighted by Crippen LogP contribution is -2.46. The number of hydrogen-bond acceptors (Lipinski definition) is 1. The number of allylic oxidation sites excluding steroid dienone is 1. The Bertz CT molecular complexity index is 205. The molecule has 1 unspecified atom stereocenters. The molecule has 0 aliphatic heterocycles. The molecule has 0 heterocycles. The Hall–Kier alpha value is -0.373. The molecule has 0 amide bonds. The summed E-state index contributed by atoms with van der Waals surface area (Å²) in [5.74, 6) is 0. The Morgan fingerprint density at radius 3 is 2.00 bits per heavy atom. The molecule has 1 nitrogen and oxygen atoms in total. The van der Waals surface area contributed by atoms with Crippen molar-refractivity contribution in [3.63, 3.8) is 0 Å². The average molecular weight is 226 g/mol. The summed E-state index contributed by atoms with van der Waals surface area (Å²) in [5.41, 5.74) is 0.600. The molecular formula is C13H26OSi. The van der Waals surface area contributed by atoms with E-state index in [2.05, 4.69) is 34.3 Å². The van der Waals surface area contributed by atoms with E-state index in [1.54, 1.807) is 6.08 Å². The highest BCUT2D eigenvalue weighted by Gasteiger charge is 2.41. The van der Waals surface area contributed by atoms with Gasteiger partial charge >= 0.3 is 0 Å². The maximum atomic E-state index is 12.2. The molecule has 0 fully saturated rings. The van der Waals surface area contributed by atoms with Crippen LogP contribution < -0.4 is 0 Å². The fraction of sp³-hybridized carbons (Fsp3) is 0.769. The van der Waals surface area contributed by atoms with Crippen molar-refractivity contribution in [1.29, 1.82) is 0 Å². The number of carbonyl (C=O) groups excluding carboxylic acids is 1. The van der Waals surface area contributed by atoms with Crippen molar-refractivity contribution < 1.29 is 4.79 Å². The van der Waals surface area contributed by atoms with Gasteiger partial charge in [0.1, 0.15) is 13.5 Å². The molecule has 0 bridgehead atoms. The van der Waals surface area contributed by atoms with E-state index in [9.17, 15) is 4.79 Å². The molecule has 0 aromatic rings. The third-order valence-corrected chi connectivity index (χ3v) is 9.89. The van der Waals surface area contributed by atoms with Crippen molar-refractivity contribution in [2.75, 3.05) is 0 Å².